The maximum Gasteiger partial charge on any atom is 0.420 e. The lowest BCUT2D eigenvalue weighted by atomic mass is 9.96. The monoisotopic (exact) mass is 339 g/mol. The van der Waals surface area contributed by atoms with Crippen LogP contribution in [0.25, 0.3) is 0 Å². The number of piperidine rings is 1. The lowest BCUT2D eigenvalue weighted by Crippen LogP contribution is -2.35. The Balaban J connectivity index is 2.36. The lowest BCUT2D eigenvalue weighted by molar-refractivity contribution is -0.142. The van der Waals surface area contributed by atoms with Crippen molar-refractivity contribution in [2.24, 2.45) is 0 Å². The van der Waals surface area contributed by atoms with Gasteiger partial charge in [0, 0.05) is 6.04 Å². The molecule has 1 atom stereocenters. The summed E-state index contributed by atoms with van der Waals surface area (Å²) in [7, 11) is 1.25. The highest BCUT2D eigenvalue weighted by atomic mass is 19.4. The third-order valence-corrected chi connectivity index (χ3v) is 3.78. The van der Waals surface area contributed by atoms with E-state index in [1.807, 2.05) is 0 Å². The van der Waals surface area contributed by atoms with Crippen molar-refractivity contribution in [1.29, 1.82) is 0 Å². The van der Waals surface area contributed by atoms with E-state index in [2.05, 4.69) is 10.1 Å². The molecule has 8 heteroatoms. The summed E-state index contributed by atoms with van der Waals surface area (Å²) in [6.45, 7) is -2.50. The van der Waals surface area contributed by atoms with Crippen LogP contribution in [0, 0.1) is 0 Å². The quantitative estimate of drug-likeness (QED) is 0.823. The summed E-state index contributed by atoms with van der Waals surface area (Å²) < 4.78 is 73.0. The van der Waals surface area contributed by atoms with Crippen LogP contribution >= 0.6 is 0 Å². The molecule has 3 nitrogen and oxygen atoms in total. The van der Waals surface area contributed by atoms with Crippen LogP contribution in [-0.2, 0) is 12.6 Å². The first-order chi connectivity index (χ1) is 10.8. The van der Waals surface area contributed by atoms with Crippen LogP contribution in [0.5, 0.6) is 11.5 Å². The zero-order valence-electron chi connectivity index (χ0n) is 12.6. The summed E-state index contributed by atoms with van der Waals surface area (Å²) in [6.07, 6.45) is -1.49. The molecule has 0 aliphatic carbocycles. The van der Waals surface area contributed by atoms with Gasteiger partial charge in [0.15, 0.2) is 0 Å². The highest BCUT2D eigenvalue weighted by molar-refractivity contribution is 5.48. The molecule has 23 heavy (non-hydrogen) atoms. The van der Waals surface area contributed by atoms with Gasteiger partial charge >= 0.3 is 12.8 Å². The minimum Gasteiger partial charge on any atom is -0.496 e. The number of hydrogen-bond acceptors (Lipinski definition) is 3. The molecule has 2 rings (SSSR count). The number of rotatable bonds is 5. The molecule has 1 heterocycles. The van der Waals surface area contributed by atoms with Gasteiger partial charge in [0.1, 0.15) is 17.1 Å². The first kappa shape index (κ1) is 17.8. The standard InChI is InChI=1S/C15H18F5NO2/c1-22-12-8-11(15(18,19)20)13(23-14(16)17)7-9(12)6-10-4-2-3-5-21-10/h7-8,10,14,21H,2-6H2,1H3. The second-order valence-corrected chi connectivity index (χ2v) is 5.39. The summed E-state index contributed by atoms with van der Waals surface area (Å²) in [5.41, 5.74) is -0.856. The number of halogens is 5. The number of methoxy groups -OCH3 is 1. The van der Waals surface area contributed by atoms with Gasteiger partial charge in [-0.05, 0) is 43.5 Å². The Labute approximate surface area is 130 Å². The van der Waals surface area contributed by atoms with Crippen molar-refractivity contribution >= 4 is 0 Å². The van der Waals surface area contributed by atoms with Crippen LogP contribution in [-0.4, -0.2) is 26.3 Å². The van der Waals surface area contributed by atoms with E-state index >= 15 is 0 Å². The van der Waals surface area contributed by atoms with Crippen LogP contribution in [0.4, 0.5) is 22.0 Å². The maximum absolute atomic E-state index is 13.0. The van der Waals surface area contributed by atoms with Crippen molar-refractivity contribution in [3.05, 3.63) is 23.3 Å². The first-order valence-corrected chi connectivity index (χ1v) is 7.27. The normalized spacial score (nSPS) is 19.0. The van der Waals surface area contributed by atoms with Crippen LogP contribution in [0.1, 0.15) is 30.4 Å². The van der Waals surface area contributed by atoms with Gasteiger partial charge in [-0.1, -0.05) is 6.42 Å². The molecule has 1 unspecified atom stereocenters. The zero-order valence-corrected chi connectivity index (χ0v) is 12.6. The average molecular weight is 339 g/mol. The fourth-order valence-corrected chi connectivity index (χ4v) is 2.73. The lowest BCUT2D eigenvalue weighted by Gasteiger charge is -2.25. The molecule has 0 saturated carbocycles. The van der Waals surface area contributed by atoms with Crippen LogP contribution in [0.15, 0.2) is 12.1 Å². The fraction of sp³-hybridized carbons (Fsp3) is 0.600. The Hall–Kier alpha value is -1.57. The predicted molar refractivity (Wildman–Crippen MR) is 74.0 cm³/mol. The first-order valence-electron chi connectivity index (χ1n) is 7.27. The van der Waals surface area contributed by atoms with Gasteiger partial charge in [0.05, 0.1) is 7.11 Å². The maximum atomic E-state index is 13.0. The smallest absolute Gasteiger partial charge is 0.420 e. The summed E-state index contributed by atoms with van der Waals surface area (Å²) in [5, 5.41) is 3.26. The van der Waals surface area contributed by atoms with Crippen molar-refractivity contribution in [3.8, 4) is 11.5 Å². The molecular formula is C15H18F5NO2. The summed E-state index contributed by atoms with van der Waals surface area (Å²) >= 11 is 0. The molecule has 0 bridgehead atoms. The molecule has 1 aromatic rings. The van der Waals surface area contributed by atoms with E-state index in [0.717, 1.165) is 37.9 Å². The van der Waals surface area contributed by atoms with E-state index in [0.29, 0.717) is 12.0 Å². The van der Waals surface area contributed by atoms with E-state index in [-0.39, 0.29) is 11.8 Å². The van der Waals surface area contributed by atoms with Crippen molar-refractivity contribution in [2.75, 3.05) is 13.7 Å². The van der Waals surface area contributed by atoms with Gasteiger partial charge in [-0.3, -0.25) is 0 Å². The van der Waals surface area contributed by atoms with Gasteiger partial charge in [0.2, 0.25) is 0 Å². The molecule has 1 aliphatic rings. The molecule has 1 saturated heterocycles. The van der Waals surface area contributed by atoms with E-state index in [4.69, 9.17) is 4.74 Å². The Morgan fingerprint density at radius 3 is 2.48 bits per heavy atom. The third kappa shape index (κ3) is 4.70. The summed E-state index contributed by atoms with van der Waals surface area (Å²) in [4.78, 5) is 0. The van der Waals surface area contributed by atoms with Crippen molar-refractivity contribution in [1.82, 2.24) is 5.32 Å². The fourth-order valence-electron chi connectivity index (χ4n) is 2.73. The SMILES string of the molecule is COc1cc(C(F)(F)F)c(OC(F)F)cc1CC1CCCCN1. The van der Waals surface area contributed by atoms with Gasteiger partial charge < -0.3 is 14.8 Å². The van der Waals surface area contributed by atoms with Crippen LogP contribution < -0.4 is 14.8 Å². The number of hydrogen-bond donors (Lipinski definition) is 1. The van der Waals surface area contributed by atoms with E-state index in [1.165, 1.54) is 7.11 Å². The highest BCUT2D eigenvalue weighted by Crippen LogP contribution is 2.41. The number of alkyl halides is 5. The molecule has 0 amide bonds. The largest absolute Gasteiger partial charge is 0.496 e. The van der Waals surface area contributed by atoms with E-state index < -0.39 is 24.1 Å². The predicted octanol–water partition coefficient (Wildman–Crippen LogP) is 4.00. The highest BCUT2D eigenvalue weighted by Gasteiger charge is 2.36. The van der Waals surface area contributed by atoms with Crippen molar-refractivity contribution < 1.29 is 31.4 Å². The second-order valence-electron chi connectivity index (χ2n) is 5.39. The topological polar surface area (TPSA) is 30.5 Å². The average Bonchev–Trinajstić information content (AvgIpc) is 2.46. The number of ether oxygens (including phenoxy) is 2. The molecule has 0 spiro atoms. The van der Waals surface area contributed by atoms with Crippen LogP contribution in [0.2, 0.25) is 0 Å². The van der Waals surface area contributed by atoms with Gasteiger partial charge in [-0.2, -0.15) is 22.0 Å². The van der Waals surface area contributed by atoms with Gasteiger partial charge in [-0.15, -0.1) is 0 Å². The molecule has 1 aliphatic heterocycles. The van der Waals surface area contributed by atoms with Crippen molar-refractivity contribution in [3.63, 3.8) is 0 Å². The van der Waals surface area contributed by atoms with E-state index in [9.17, 15) is 22.0 Å². The Morgan fingerprint density at radius 2 is 1.96 bits per heavy atom. The Bertz CT molecular complexity index is 527. The molecule has 130 valence electrons. The second kappa shape index (κ2) is 7.33. The minimum atomic E-state index is -4.81. The molecule has 1 aromatic carbocycles. The Kier molecular flexibility index (Phi) is 5.67. The number of nitrogens with one attached hydrogen (secondary N) is 1. The summed E-state index contributed by atoms with van der Waals surface area (Å²) in [5.74, 6) is -0.856. The Morgan fingerprint density at radius 1 is 1.22 bits per heavy atom. The zero-order chi connectivity index (χ0) is 17.0. The minimum absolute atomic E-state index is 0.0197. The van der Waals surface area contributed by atoms with E-state index in [1.54, 1.807) is 0 Å². The molecule has 0 radical (unpaired) electrons. The van der Waals surface area contributed by atoms with Gasteiger partial charge in [0.25, 0.3) is 0 Å². The van der Waals surface area contributed by atoms with Crippen LogP contribution in [0.3, 0.4) is 0 Å². The molecule has 1 N–H and O–H groups in total. The van der Waals surface area contributed by atoms with Gasteiger partial charge in [-0.25, -0.2) is 0 Å². The van der Waals surface area contributed by atoms with Crippen molar-refractivity contribution in [2.45, 2.75) is 44.5 Å². The number of benzene rings is 1. The molecule has 0 aromatic heterocycles. The molecule has 1 fully saturated rings. The third-order valence-electron chi connectivity index (χ3n) is 3.78. The summed E-state index contributed by atoms with van der Waals surface area (Å²) in [6, 6.07) is 1.80. The molecular weight excluding hydrogens is 321 g/mol.